The van der Waals surface area contributed by atoms with E-state index < -0.39 is 0 Å². The molecule has 0 saturated carbocycles. The van der Waals surface area contributed by atoms with Crippen LogP contribution < -0.4 is 5.32 Å². The number of ether oxygens (including phenoxy) is 2. The second kappa shape index (κ2) is 7.79. The summed E-state index contributed by atoms with van der Waals surface area (Å²) in [7, 11) is 3.42. The van der Waals surface area contributed by atoms with Crippen LogP contribution in [0, 0.1) is 0 Å². The molecule has 0 aliphatic heterocycles. The molecule has 0 saturated heterocycles. The minimum atomic E-state index is 0.124. The van der Waals surface area contributed by atoms with Gasteiger partial charge in [0.15, 0.2) is 0 Å². The summed E-state index contributed by atoms with van der Waals surface area (Å²) < 4.78 is 10.4. The quantitative estimate of drug-likeness (QED) is 0.761. The van der Waals surface area contributed by atoms with Crippen LogP contribution in [0.5, 0.6) is 0 Å². The molecular weight excluding hydrogens is 222 g/mol. The third-order valence-corrected chi connectivity index (χ3v) is 3.56. The van der Waals surface area contributed by atoms with Crippen LogP contribution in [0.25, 0.3) is 0 Å². The first-order chi connectivity index (χ1) is 7.81. The highest BCUT2D eigenvalue weighted by Crippen LogP contribution is 2.21. The Bertz CT molecular complexity index is 264. The number of thiophene rings is 1. The van der Waals surface area contributed by atoms with Gasteiger partial charge in [-0.3, -0.25) is 0 Å². The van der Waals surface area contributed by atoms with E-state index in [0.717, 1.165) is 13.0 Å². The normalized spacial score (nSPS) is 14.9. The van der Waals surface area contributed by atoms with Crippen molar-refractivity contribution in [2.75, 3.05) is 27.4 Å². The molecular formula is C12H21NO2S. The van der Waals surface area contributed by atoms with Crippen LogP contribution in [0.3, 0.4) is 0 Å². The summed E-state index contributed by atoms with van der Waals surface area (Å²) in [5.74, 6) is 0. The van der Waals surface area contributed by atoms with Crippen molar-refractivity contribution < 1.29 is 9.47 Å². The van der Waals surface area contributed by atoms with Crippen LogP contribution in [0.2, 0.25) is 0 Å². The van der Waals surface area contributed by atoms with Crippen molar-refractivity contribution in [2.24, 2.45) is 0 Å². The zero-order chi connectivity index (χ0) is 11.8. The Balaban J connectivity index is 2.39. The number of methoxy groups -OCH3 is 2. The molecule has 1 rings (SSSR count). The fraction of sp³-hybridized carbons (Fsp3) is 0.667. The summed E-state index contributed by atoms with van der Waals surface area (Å²) >= 11 is 1.79. The smallest absolute Gasteiger partial charge is 0.0928 e. The maximum atomic E-state index is 5.32. The van der Waals surface area contributed by atoms with E-state index in [4.69, 9.17) is 9.47 Å². The van der Waals surface area contributed by atoms with Crippen LogP contribution in [-0.2, 0) is 9.47 Å². The van der Waals surface area contributed by atoms with Crippen molar-refractivity contribution >= 4 is 11.3 Å². The highest BCUT2D eigenvalue weighted by atomic mass is 32.1. The zero-order valence-corrected chi connectivity index (χ0v) is 11.0. The summed E-state index contributed by atoms with van der Waals surface area (Å²) in [5, 5.41) is 5.63. The lowest BCUT2D eigenvalue weighted by molar-refractivity contribution is 0.0273. The van der Waals surface area contributed by atoms with E-state index in [1.165, 1.54) is 4.88 Å². The molecule has 0 radical (unpaired) electrons. The highest BCUT2D eigenvalue weighted by molar-refractivity contribution is 7.10. The fourth-order valence-corrected chi connectivity index (χ4v) is 2.49. The Labute approximate surface area is 102 Å². The Morgan fingerprint density at radius 1 is 1.44 bits per heavy atom. The molecule has 1 heterocycles. The third kappa shape index (κ3) is 4.22. The van der Waals surface area contributed by atoms with Gasteiger partial charge in [-0.15, -0.1) is 11.3 Å². The molecule has 2 unspecified atom stereocenters. The molecule has 1 N–H and O–H groups in total. The summed E-state index contributed by atoms with van der Waals surface area (Å²) in [6, 6.07) is 4.69. The number of hydrogen-bond acceptors (Lipinski definition) is 4. The van der Waals surface area contributed by atoms with Gasteiger partial charge in [0.1, 0.15) is 0 Å². The van der Waals surface area contributed by atoms with E-state index in [-0.39, 0.29) is 6.10 Å². The molecule has 92 valence electrons. The molecule has 0 amide bonds. The van der Waals surface area contributed by atoms with Crippen LogP contribution in [-0.4, -0.2) is 33.5 Å². The molecule has 0 aromatic carbocycles. The van der Waals surface area contributed by atoms with Crippen molar-refractivity contribution in [1.82, 2.24) is 5.32 Å². The van der Waals surface area contributed by atoms with Gasteiger partial charge in [-0.2, -0.15) is 0 Å². The van der Waals surface area contributed by atoms with Crippen molar-refractivity contribution in [2.45, 2.75) is 25.5 Å². The molecule has 2 atom stereocenters. The standard InChI is InChI=1S/C12H21NO2S/c1-4-11(12-6-5-7-16-12)13-8-10(15-3)9-14-2/h5-7,10-11,13H,4,8-9H2,1-3H3. The minimum absolute atomic E-state index is 0.124. The van der Waals surface area contributed by atoms with Gasteiger partial charge in [0.2, 0.25) is 0 Å². The van der Waals surface area contributed by atoms with Gasteiger partial charge >= 0.3 is 0 Å². The second-order valence-corrected chi connectivity index (χ2v) is 4.68. The van der Waals surface area contributed by atoms with Crippen molar-refractivity contribution in [3.05, 3.63) is 22.4 Å². The van der Waals surface area contributed by atoms with Gasteiger partial charge in [-0.25, -0.2) is 0 Å². The lowest BCUT2D eigenvalue weighted by Crippen LogP contribution is -2.33. The van der Waals surface area contributed by atoms with Crippen LogP contribution in [0.15, 0.2) is 17.5 Å². The average Bonchev–Trinajstić information content (AvgIpc) is 2.82. The van der Waals surface area contributed by atoms with Crippen LogP contribution in [0.1, 0.15) is 24.3 Å². The van der Waals surface area contributed by atoms with Crippen LogP contribution >= 0.6 is 11.3 Å². The fourth-order valence-electron chi connectivity index (χ4n) is 1.61. The van der Waals surface area contributed by atoms with Gasteiger partial charge in [-0.05, 0) is 17.9 Å². The predicted octanol–water partition coefficient (Wildman–Crippen LogP) is 2.45. The van der Waals surface area contributed by atoms with E-state index in [2.05, 4.69) is 29.8 Å². The Morgan fingerprint density at radius 2 is 2.25 bits per heavy atom. The number of rotatable bonds is 8. The Morgan fingerprint density at radius 3 is 2.75 bits per heavy atom. The Kier molecular flexibility index (Phi) is 6.64. The summed E-state index contributed by atoms with van der Waals surface area (Å²) in [6.45, 7) is 3.64. The highest BCUT2D eigenvalue weighted by Gasteiger charge is 2.13. The van der Waals surface area contributed by atoms with Gasteiger partial charge in [-0.1, -0.05) is 13.0 Å². The van der Waals surface area contributed by atoms with Gasteiger partial charge < -0.3 is 14.8 Å². The molecule has 16 heavy (non-hydrogen) atoms. The lowest BCUT2D eigenvalue weighted by atomic mass is 10.2. The second-order valence-electron chi connectivity index (χ2n) is 3.70. The zero-order valence-electron chi connectivity index (χ0n) is 10.2. The van der Waals surface area contributed by atoms with Gasteiger partial charge in [0, 0.05) is 31.7 Å². The third-order valence-electron chi connectivity index (χ3n) is 2.57. The molecule has 4 heteroatoms. The summed E-state index contributed by atoms with van der Waals surface area (Å²) in [4.78, 5) is 1.38. The molecule has 0 bridgehead atoms. The van der Waals surface area contributed by atoms with Gasteiger partial charge in [0.25, 0.3) is 0 Å². The van der Waals surface area contributed by atoms with E-state index >= 15 is 0 Å². The first-order valence-electron chi connectivity index (χ1n) is 5.60. The van der Waals surface area contributed by atoms with E-state index in [9.17, 15) is 0 Å². The molecule has 1 aromatic rings. The maximum absolute atomic E-state index is 5.32. The van der Waals surface area contributed by atoms with E-state index in [1.54, 1.807) is 25.6 Å². The minimum Gasteiger partial charge on any atom is -0.382 e. The largest absolute Gasteiger partial charge is 0.382 e. The molecule has 1 aromatic heterocycles. The van der Waals surface area contributed by atoms with Gasteiger partial charge in [0.05, 0.1) is 12.7 Å². The monoisotopic (exact) mass is 243 g/mol. The topological polar surface area (TPSA) is 30.5 Å². The molecule has 0 spiro atoms. The summed E-state index contributed by atoms with van der Waals surface area (Å²) in [6.07, 6.45) is 1.21. The molecule has 0 aliphatic rings. The first kappa shape index (κ1) is 13.6. The van der Waals surface area contributed by atoms with Crippen molar-refractivity contribution in [3.8, 4) is 0 Å². The average molecular weight is 243 g/mol. The predicted molar refractivity (Wildman–Crippen MR) is 68.0 cm³/mol. The first-order valence-corrected chi connectivity index (χ1v) is 6.48. The summed E-state index contributed by atoms with van der Waals surface area (Å²) in [5.41, 5.74) is 0. The van der Waals surface area contributed by atoms with Crippen molar-refractivity contribution in [3.63, 3.8) is 0 Å². The molecule has 0 aliphatic carbocycles. The van der Waals surface area contributed by atoms with E-state index in [1.807, 2.05) is 0 Å². The molecule has 0 fully saturated rings. The van der Waals surface area contributed by atoms with E-state index in [0.29, 0.717) is 12.6 Å². The number of nitrogens with one attached hydrogen (secondary N) is 1. The molecule has 3 nitrogen and oxygen atoms in total. The van der Waals surface area contributed by atoms with Crippen molar-refractivity contribution in [1.29, 1.82) is 0 Å². The Hall–Kier alpha value is -0.420. The lowest BCUT2D eigenvalue weighted by Gasteiger charge is -2.20. The number of hydrogen-bond donors (Lipinski definition) is 1. The SMILES string of the molecule is CCC(NCC(COC)OC)c1cccs1. The van der Waals surface area contributed by atoms with Crippen LogP contribution in [0.4, 0.5) is 0 Å². The maximum Gasteiger partial charge on any atom is 0.0928 e.